The van der Waals surface area contributed by atoms with Crippen LogP contribution in [0.15, 0.2) is 30.3 Å². The second kappa shape index (κ2) is 6.95. The van der Waals surface area contributed by atoms with Gasteiger partial charge >= 0.3 is 5.97 Å². The lowest BCUT2D eigenvalue weighted by atomic mass is 9.73. The summed E-state index contributed by atoms with van der Waals surface area (Å²) in [5.74, 6) is -0.120. The van der Waals surface area contributed by atoms with E-state index in [4.69, 9.17) is 0 Å². The maximum absolute atomic E-state index is 12.2. The average molecular weight is 303 g/mol. The second-order valence-electron chi connectivity index (χ2n) is 6.57. The van der Waals surface area contributed by atoms with Crippen LogP contribution in [0.25, 0.3) is 0 Å². The maximum Gasteiger partial charge on any atom is 0.314 e. The van der Waals surface area contributed by atoms with E-state index < -0.39 is 11.4 Å². The van der Waals surface area contributed by atoms with Crippen molar-refractivity contribution in [3.8, 4) is 0 Å². The molecule has 1 aromatic rings. The van der Waals surface area contributed by atoms with E-state index in [1.165, 1.54) is 0 Å². The number of aliphatic carboxylic acids is 1. The highest BCUT2D eigenvalue weighted by Gasteiger charge is 2.43. The summed E-state index contributed by atoms with van der Waals surface area (Å²) in [5.41, 5.74) is -0.00686. The summed E-state index contributed by atoms with van der Waals surface area (Å²) in [6.45, 7) is 5.26. The first-order chi connectivity index (χ1) is 10.5. The smallest absolute Gasteiger partial charge is 0.314 e. The van der Waals surface area contributed by atoms with Crippen molar-refractivity contribution in [1.29, 1.82) is 0 Å². The number of piperidine rings is 1. The summed E-state index contributed by atoms with van der Waals surface area (Å²) in [6.07, 6.45) is 2.42. The molecule has 4 heteroatoms. The summed E-state index contributed by atoms with van der Waals surface area (Å²) in [5, 5.41) is 9.74. The predicted octanol–water partition coefficient (Wildman–Crippen LogP) is 3.07. The minimum Gasteiger partial charge on any atom is -0.481 e. The molecule has 0 spiro atoms. The van der Waals surface area contributed by atoms with Crippen molar-refractivity contribution in [2.24, 2.45) is 5.92 Å². The molecule has 1 aromatic carbocycles. The molecule has 0 unspecified atom stereocenters. The molecule has 1 N–H and O–H groups in total. The molecule has 1 fully saturated rings. The molecule has 0 bridgehead atoms. The van der Waals surface area contributed by atoms with E-state index in [2.05, 4.69) is 13.8 Å². The number of carbonyl (C=O) groups is 2. The molecule has 1 heterocycles. The minimum atomic E-state index is -0.851. The zero-order valence-corrected chi connectivity index (χ0v) is 13.4. The SMILES string of the molecule is CC(C)CCC(=O)N1CCC(C(=O)O)(c2ccccc2)CC1. The first kappa shape index (κ1) is 16.5. The number of rotatable bonds is 5. The molecule has 0 aromatic heterocycles. The molecule has 2 rings (SSSR count). The van der Waals surface area contributed by atoms with Crippen LogP contribution in [0.1, 0.15) is 45.1 Å². The summed E-state index contributed by atoms with van der Waals surface area (Å²) < 4.78 is 0. The number of hydrogen-bond acceptors (Lipinski definition) is 2. The Morgan fingerprint density at radius 2 is 1.77 bits per heavy atom. The van der Waals surface area contributed by atoms with Crippen molar-refractivity contribution in [1.82, 2.24) is 4.90 Å². The normalized spacial score (nSPS) is 17.5. The largest absolute Gasteiger partial charge is 0.481 e. The molecule has 1 aliphatic rings. The van der Waals surface area contributed by atoms with E-state index in [9.17, 15) is 14.7 Å². The van der Waals surface area contributed by atoms with Crippen LogP contribution in [-0.4, -0.2) is 35.0 Å². The molecule has 0 atom stereocenters. The van der Waals surface area contributed by atoms with Gasteiger partial charge in [-0.1, -0.05) is 44.2 Å². The third kappa shape index (κ3) is 3.49. The molecule has 0 radical (unpaired) electrons. The van der Waals surface area contributed by atoms with E-state index in [1.807, 2.05) is 35.2 Å². The van der Waals surface area contributed by atoms with Crippen LogP contribution in [0, 0.1) is 5.92 Å². The molecule has 0 saturated carbocycles. The summed E-state index contributed by atoms with van der Waals surface area (Å²) >= 11 is 0. The van der Waals surface area contributed by atoms with Crippen LogP contribution in [0.5, 0.6) is 0 Å². The van der Waals surface area contributed by atoms with Crippen molar-refractivity contribution in [2.75, 3.05) is 13.1 Å². The van der Waals surface area contributed by atoms with Crippen LogP contribution >= 0.6 is 0 Å². The zero-order valence-electron chi connectivity index (χ0n) is 13.4. The predicted molar refractivity (Wildman–Crippen MR) is 85.6 cm³/mol. The monoisotopic (exact) mass is 303 g/mol. The highest BCUT2D eigenvalue weighted by Crippen LogP contribution is 2.36. The molecule has 4 nitrogen and oxygen atoms in total. The van der Waals surface area contributed by atoms with Gasteiger partial charge in [0.1, 0.15) is 0 Å². The summed E-state index contributed by atoms with van der Waals surface area (Å²) in [4.78, 5) is 25.9. The number of amides is 1. The van der Waals surface area contributed by atoms with E-state index >= 15 is 0 Å². The maximum atomic E-state index is 12.2. The Hall–Kier alpha value is -1.84. The van der Waals surface area contributed by atoms with Crippen LogP contribution in [-0.2, 0) is 15.0 Å². The fourth-order valence-electron chi connectivity index (χ4n) is 3.09. The van der Waals surface area contributed by atoms with Crippen LogP contribution in [0.3, 0.4) is 0 Å². The van der Waals surface area contributed by atoms with Gasteiger partial charge in [0.15, 0.2) is 0 Å². The first-order valence-electron chi connectivity index (χ1n) is 8.02. The number of carboxylic acid groups (broad SMARTS) is 1. The van der Waals surface area contributed by atoms with Crippen molar-refractivity contribution in [2.45, 2.75) is 44.9 Å². The van der Waals surface area contributed by atoms with Gasteiger partial charge in [-0.05, 0) is 30.7 Å². The molecule has 1 aliphatic heterocycles. The average Bonchev–Trinajstić information content (AvgIpc) is 2.53. The molecule has 1 saturated heterocycles. The number of carboxylic acids is 1. The summed E-state index contributed by atoms with van der Waals surface area (Å²) in [7, 11) is 0. The Morgan fingerprint density at radius 1 is 1.18 bits per heavy atom. The first-order valence-corrected chi connectivity index (χ1v) is 8.02. The van der Waals surface area contributed by atoms with E-state index in [0.29, 0.717) is 38.3 Å². The number of likely N-dealkylation sites (tertiary alicyclic amines) is 1. The van der Waals surface area contributed by atoms with E-state index in [-0.39, 0.29) is 5.91 Å². The highest BCUT2D eigenvalue weighted by molar-refractivity contribution is 5.82. The van der Waals surface area contributed by atoms with Gasteiger partial charge in [0.05, 0.1) is 5.41 Å². The van der Waals surface area contributed by atoms with Gasteiger partial charge in [0.2, 0.25) is 5.91 Å². The fraction of sp³-hybridized carbons (Fsp3) is 0.556. The third-order valence-corrected chi connectivity index (χ3v) is 4.64. The quantitative estimate of drug-likeness (QED) is 0.909. The van der Waals surface area contributed by atoms with Gasteiger partial charge in [-0.15, -0.1) is 0 Å². The Bertz CT molecular complexity index is 516. The van der Waals surface area contributed by atoms with Gasteiger partial charge in [-0.25, -0.2) is 0 Å². The number of carbonyl (C=O) groups excluding carboxylic acids is 1. The van der Waals surface area contributed by atoms with Gasteiger partial charge in [0.25, 0.3) is 0 Å². The Labute approximate surface area is 132 Å². The number of nitrogens with zero attached hydrogens (tertiary/aromatic N) is 1. The van der Waals surface area contributed by atoms with Crippen molar-refractivity contribution >= 4 is 11.9 Å². The Balaban J connectivity index is 2.05. The van der Waals surface area contributed by atoms with Crippen molar-refractivity contribution in [3.05, 3.63) is 35.9 Å². The van der Waals surface area contributed by atoms with Gasteiger partial charge in [0, 0.05) is 19.5 Å². The van der Waals surface area contributed by atoms with Gasteiger partial charge in [-0.3, -0.25) is 9.59 Å². The van der Waals surface area contributed by atoms with Gasteiger partial charge < -0.3 is 10.0 Å². The zero-order chi connectivity index (χ0) is 16.2. The Morgan fingerprint density at radius 3 is 2.27 bits per heavy atom. The lowest BCUT2D eigenvalue weighted by Gasteiger charge is -2.39. The molecule has 22 heavy (non-hydrogen) atoms. The lowest BCUT2D eigenvalue weighted by Crippen LogP contribution is -2.49. The molecular formula is C18H25NO3. The number of benzene rings is 1. The molecule has 0 aliphatic carbocycles. The molecule has 120 valence electrons. The fourth-order valence-corrected chi connectivity index (χ4v) is 3.09. The van der Waals surface area contributed by atoms with Crippen LogP contribution < -0.4 is 0 Å². The third-order valence-electron chi connectivity index (χ3n) is 4.64. The lowest BCUT2D eigenvalue weighted by molar-refractivity contribution is -0.148. The van der Waals surface area contributed by atoms with Crippen molar-refractivity contribution < 1.29 is 14.7 Å². The summed E-state index contributed by atoms with van der Waals surface area (Å²) in [6, 6.07) is 9.40. The minimum absolute atomic E-state index is 0.153. The second-order valence-corrected chi connectivity index (χ2v) is 6.57. The highest BCUT2D eigenvalue weighted by atomic mass is 16.4. The van der Waals surface area contributed by atoms with Crippen LogP contribution in [0.4, 0.5) is 0 Å². The van der Waals surface area contributed by atoms with E-state index in [0.717, 1.165) is 12.0 Å². The molecule has 1 amide bonds. The van der Waals surface area contributed by atoms with E-state index in [1.54, 1.807) is 0 Å². The van der Waals surface area contributed by atoms with Crippen molar-refractivity contribution in [3.63, 3.8) is 0 Å². The molecular weight excluding hydrogens is 278 g/mol. The topological polar surface area (TPSA) is 57.6 Å². The Kier molecular flexibility index (Phi) is 5.22. The standard InChI is InChI=1S/C18H25NO3/c1-14(2)8-9-16(20)19-12-10-18(11-13-19,17(21)22)15-6-4-3-5-7-15/h3-7,14H,8-13H2,1-2H3,(H,21,22). The number of hydrogen-bond donors (Lipinski definition) is 1. The van der Waals surface area contributed by atoms with Crippen LogP contribution in [0.2, 0.25) is 0 Å². The van der Waals surface area contributed by atoms with Gasteiger partial charge in [-0.2, -0.15) is 0 Å².